The Labute approximate surface area is 108 Å². The number of Topliss-reactive ketones (excluding diaryl/α,β-unsaturated/α-hetero) is 1. The second-order valence-corrected chi connectivity index (χ2v) is 5.62. The number of fused-ring (bicyclic) bond motifs is 1. The van der Waals surface area contributed by atoms with E-state index in [-0.39, 0.29) is 11.7 Å². The summed E-state index contributed by atoms with van der Waals surface area (Å²) in [5.41, 5.74) is 1.30. The zero-order chi connectivity index (χ0) is 12.0. The summed E-state index contributed by atoms with van der Waals surface area (Å²) < 4.78 is 0.900. The highest BCUT2D eigenvalue weighted by molar-refractivity contribution is 9.10. The normalized spacial score (nSPS) is 19.5. The molecule has 2 aliphatic rings. The van der Waals surface area contributed by atoms with Crippen LogP contribution >= 0.6 is 15.9 Å². The quantitative estimate of drug-likeness (QED) is 0.787. The Morgan fingerprint density at radius 1 is 1.29 bits per heavy atom. The minimum Gasteiger partial charge on any atom is -0.304 e. The van der Waals surface area contributed by atoms with Crippen molar-refractivity contribution >= 4 is 33.3 Å². The molecule has 1 aliphatic carbocycles. The van der Waals surface area contributed by atoms with Gasteiger partial charge < -0.3 is 4.90 Å². The van der Waals surface area contributed by atoms with Gasteiger partial charge >= 0.3 is 0 Å². The summed E-state index contributed by atoms with van der Waals surface area (Å²) >= 11 is 3.38. The molecule has 0 spiro atoms. The maximum absolute atomic E-state index is 11.9. The molecule has 1 fully saturated rings. The Hall–Kier alpha value is -1.16. The minimum absolute atomic E-state index is 0.369. The molecule has 0 saturated heterocycles. The number of carbonyl (C=O) groups is 2. The van der Waals surface area contributed by atoms with Crippen molar-refractivity contribution in [3.8, 4) is 0 Å². The summed E-state index contributed by atoms with van der Waals surface area (Å²) in [6, 6.07) is 5.38. The van der Waals surface area contributed by atoms with Crippen LogP contribution in [0.2, 0.25) is 0 Å². The molecule has 3 nitrogen and oxygen atoms in total. The van der Waals surface area contributed by atoms with Crippen LogP contribution in [0.3, 0.4) is 0 Å². The highest BCUT2D eigenvalue weighted by atomic mass is 79.9. The second-order valence-electron chi connectivity index (χ2n) is 4.70. The molecule has 88 valence electrons. The number of benzene rings is 1. The van der Waals surface area contributed by atoms with Gasteiger partial charge in [-0.15, -0.1) is 0 Å². The molecule has 0 atom stereocenters. The summed E-state index contributed by atoms with van der Waals surface area (Å²) in [4.78, 5) is 25.4. The summed E-state index contributed by atoms with van der Waals surface area (Å²) in [7, 11) is 0. The maximum Gasteiger partial charge on any atom is 0.299 e. The van der Waals surface area contributed by atoms with E-state index >= 15 is 0 Å². The van der Waals surface area contributed by atoms with Crippen LogP contribution in [0.1, 0.15) is 29.6 Å². The molecule has 17 heavy (non-hydrogen) atoms. The molecule has 1 aromatic rings. The zero-order valence-electron chi connectivity index (χ0n) is 9.28. The first-order chi connectivity index (χ1) is 8.16. The van der Waals surface area contributed by atoms with Gasteiger partial charge in [-0.3, -0.25) is 9.59 Å². The van der Waals surface area contributed by atoms with Crippen LogP contribution in [-0.2, 0) is 4.79 Å². The fourth-order valence-corrected chi connectivity index (χ4v) is 2.73. The van der Waals surface area contributed by atoms with E-state index in [1.165, 1.54) is 19.3 Å². The molecular formula is C13H12BrNO2. The first kappa shape index (κ1) is 11.0. The highest BCUT2D eigenvalue weighted by Gasteiger charge is 2.37. The zero-order valence-corrected chi connectivity index (χ0v) is 10.9. The number of carbonyl (C=O) groups excluding carboxylic acids is 2. The highest BCUT2D eigenvalue weighted by Crippen LogP contribution is 2.35. The van der Waals surface area contributed by atoms with Gasteiger partial charge in [-0.1, -0.05) is 22.4 Å². The smallest absolute Gasteiger partial charge is 0.299 e. The Morgan fingerprint density at radius 2 is 2.06 bits per heavy atom. The van der Waals surface area contributed by atoms with Gasteiger partial charge in [0.05, 0.1) is 11.3 Å². The summed E-state index contributed by atoms with van der Waals surface area (Å²) in [6.07, 6.45) is 3.58. The van der Waals surface area contributed by atoms with Crippen molar-refractivity contribution in [2.75, 3.05) is 11.4 Å². The van der Waals surface area contributed by atoms with E-state index in [1.54, 1.807) is 17.0 Å². The van der Waals surface area contributed by atoms with Gasteiger partial charge in [-0.2, -0.15) is 0 Å². The predicted octanol–water partition coefficient (Wildman–Crippen LogP) is 2.78. The molecule has 0 bridgehead atoms. The summed E-state index contributed by atoms with van der Waals surface area (Å²) in [6.45, 7) is 0.689. The number of halogens is 1. The molecule has 1 heterocycles. The lowest BCUT2D eigenvalue weighted by Gasteiger charge is -2.30. The van der Waals surface area contributed by atoms with Gasteiger partial charge in [0.2, 0.25) is 0 Å². The Kier molecular flexibility index (Phi) is 2.54. The summed E-state index contributed by atoms with van der Waals surface area (Å²) in [5, 5.41) is 0. The molecule has 0 N–H and O–H groups in total. The van der Waals surface area contributed by atoms with Crippen LogP contribution < -0.4 is 4.90 Å². The largest absolute Gasteiger partial charge is 0.304 e. The average molecular weight is 294 g/mol. The van der Waals surface area contributed by atoms with Crippen molar-refractivity contribution in [1.82, 2.24) is 0 Å². The lowest BCUT2D eigenvalue weighted by molar-refractivity contribution is -0.114. The van der Waals surface area contributed by atoms with E-state index in [4.69, 9.17) is 0 Å². The number of nitrogens with zero attached hydrogens (tertiary/aromatic N) is 1. The molecule has 1 aromatic carbocycles. The van der Waals surface area contributed by atoms with E-state index in [0.717, 1.165) is 10.2 Å². The van der Waals surface area contributed by atoms with Crippen molar-refractivity contribution < 1.29 is 9.59 Å². The van der Waals surface area contributed by atoms with Gasteiger partial charge in [0, 0.05) is 11.0 Å². The van der Waals surface area contributed by atoms with Gasteiger partial charge in [0.25, 0.3) is 11.7 Å². The second kappa shape index (κ2) is 3.95. The Bertz CT molecular complexity index is 508. The molecule has 1 amide bonds. The van der Waals surface area contributed by atoms with Crippen molar-refractivity contribution in [2.45, 2.75) is 19.3 Å². The van der Waals surface area contributed by atoms with E-state index < -0.39 is 0 Å². The third-order valence-corrected chi connectivity index (χ3v) is 4.09. The number of ketones is 1. The van der Waals surface area contributed by atoms with E-state index in [2.05, 4.69) is 15.9 Å². The van der Waals surface area contributed by atoms with Crippen molar-refractivity contribution in [3.05, 3.63) is 28.2 Å². The van der Waals surface area contributed by atoms with Gasteiger partial charge in [-0.25, -0.2) is 0 Å². The van der Waals surface area contributed by atoms with Crippen molar-refractivity contribution in [2.24, 2.45) is 5.92 Å². The fraction of sp³-hybridized carbons (Fsp3) is 0.385. The lowest BCUT2D eigenvalue weighted by Crippen LogP contribution is -2.36. The fourth-order valence-electron chi connectivity index (χ4n) is 2.38. The summed E-state index contributed by atoms with van der Waals surface area (Å²) in [5.74, 6) is -0.173. The van der Waals surface area contributed by atoms with Crippen LogP contribution in [0.4, 0.5) is 5.69 Å². The van der Waals surface area contributed by atoms with Crippen LogP contribution in [0, 0.1) is 5.92 Å². The SMILES string of the molecule is O=C1C(=O)N(CC2CCC2)c2cc(Br)ccc21. The molecular weight excluding hydrogens is 282 g/mol. The Morgan fingerprint density at radius 3 is 2.71 bits per heavy atom. The molecule has 3 rings (SSSR count). The molecule has 0 radical (unpaired) electrons. The molecule has 1 saturated carbocycles. The first-order valence-corrected chi connectivity index (χ1v) is 6.62. The van der Waals surface area contributed by atoms with E-state index in [0.29, 0.717) is 18.0 Å². The average Bonchev–Trinajstić information content (AvgIpc) is 2.47. The molecule has 0 unspecified atom stereocenters. The van der Waals surface area contributed by atoms with Gasteiger partial charge in [-0.05, 0) is 37.0 Å². The van der Waals surface area contributed by atoms with Crippen LogP contribution in [0.5, 0.6) is 0 Å². The standard InChI is InChI=1S/C13H12BrNO2/c14-9-4-5-10-11(6-9)15(13(17)12(10)16)7-8-2-1-3-8/h4-6,8H,1-3,7H2. The lowest BCUT2D eigenvalue weighted by atomic mass is 9.85. The third-order valence-electron chi connectivity index (χ3n) is 3.60. The minimum atomic E-state index is -0.370. The topological polar surface area (TPSA) is 37.4 Å². The first-order valence-electron chi connectivity index (χ1n) is 5.82. The van der Waals surface area contributed by atoms with E-state index in [9.17, 15) is 9.59 Å². The Balaban J connectivity index is 1.96. The number of anilines is 1. The number of hydrogen-bond donors (Lipinski definition) is 0. The monoisotopic (exact) mass is 293 g/mol. The molecule has 1 aliphatic heterocycles. The molecule has 4 heteroatoms. The van der Waals surface area contributed by atoms with Gasteiger partial charge in [0.15, 0.2) is 0 Å². The maximum atomic E-state index is 11.9. The predicted molar refractivity (Wildman–Crippen MR) is 68.2 cm³/mol. The van der Waals surface area contributed by atoms with Crippen molar-refractivity contribution in [1.29, 1.82) is 0 Å². The van der Waals surface area contributed by atoms with Crippen LogP contribution in [-0.4, -0.2) is 18.2 Å². The number of rotatable bonds is 2. The van der Waals surface area contributed by atoms with Crippen LogP contribution in [0.15, 0.2) is 22.7 Å². The molecule has 0 aromatic heterocycles. The number of hydrogen-bond acceptors (Lipinski definition) is 2. The number of amides is 1. The third kappa shape index (κ3) is 1.71. The van der Waals surface area contributed by atoms with E-state index in [1.807, 2.05) is 6.07 Å². The van der Waals surface area contributed by atoms with Crippen molar-refractivity contribution in [3.63, 3.8) is 0 Å². The van der Waals surface area contributed by atoms with Gasteiger partial charge in [0.1, 0.15) is 0 Å². The van der Waals surface area contributed by atoms with Crippen LogP contribution in [0.25, 0.3) is 0 Å².